The summed E-state index contributed by atoms with van der Waals surface area (Å²) in [6.45, 7) is 9.76. The largest absolute Gasteiger partial charge is 0.344 e. The molecule has 0 aliphatic rings. The number of sulfonamides is 1. The summed E-state index contributed by atoms with van der Waals surface area (Å²) in [6.07, 6.45) is 11.7. The Morgan fingerprint density at radius 2 is 1.48 bits per heavy atom. The molecule has 8 heteroatoms. The summed E-state index contributed by atoms with van der Waals surface area (Å²) in [6, 6.07) is -0.882. The fourth-order valence-corrected chi connectivity index (χ4v) is 3.92. The van der Waals surface area contributed by atoms with Gasteiger partial charge >= 0.3 is 0 Å². The number of thioether (sulfide) groups is 1. The Kier molecular flexibility index (Phi) is 13.7. The van der Waals surface area contributed by atoms with E-state index < -0.39 is 22.0 Å². The van der Waals surface area contributed by atoms with Crippen LogP contribution in [-0.4, -0.2) is 44.0 Å². The Labute approximate surface area is 180 Å². The third-order valence-corrected chi connectivity index (χ3v) is 5.48. The first-order valence-corrected chi connectivity index (χ1v) is 12.8. The van der Waals surface area contributed by atoms with Crippen LogP contribution in [0.4, 0.5) is 0 Å². The molecule has 0 aliphatic carbocycles. The van der Waals surface area contributed by atoms with Gasteiger partial charge in [-0.15, -0.1) is 0 Å². The number of amides is 2. The van der Waals surface area contributed by atoms with Gasteiger partial charge in [0.1, 0.15) is 6.04 Å². The van der Waals surface area contributed by atoms with Crippen molar-refractivity contribution in [2.24, 2.45) is 0 Å². The first-order valence-electron chi connectivity index (χ1n) is 9.71. The van der Waals surface area contributed by atoms with Gasteiger partial charge in [0.05, 0.1) is 6.26 Å². The maximum atomic E-state index is 12.0. The van der Waals surface area contributed by atoms with Crippen molar-refractivity contribution >= 4 is 33.6 Å². The van der Waals surface area contributed by atoms with Crippen LogP contribution in [0.2, 0.25) is 0 Å². The van der Waals surface area contributed by atoms with Crippen LogP contribution in [0.25, 0.3) is 0 Å². The minimum absolute atomic E-state index is 0.300. The van der Waals surface area contributed by atoms with Crippen LogP contribution in [0.15, 0.2) is 34.9 Å². The molecule has 1 unspecified atom stereocenters. The van der Waals surface area contributed by atoms with Crippen LogP contribution < -0.4 is 10.0 Å². The predicted octanol–water partition coefficient (Wildman–Crippen LogP) is 3.72. The highest BCUT2D eigenvalue weighted by Crippen LogP contribution is 2.13. The molecule has 2 amide bonds. The third-order valence-electron chi connectivity index (χ3n) is 3.94. The highest BCUT2D eigenvalue weighted by atomic mass is 32.2. The highest BCUT2D eigenvalue weighted by Gasteiger charge is 2.21. The predicted molar refractivity (Wildman–Crippen MR) is 123 cm³/mol. The number of hydrogen-bond donors (Lipinski definition) is 2. The van der Waals surface area contributed by atoms with Gasteiger partial charge in [-0.2, -0.15) is 11.8 Å². The second-order valence-corrected chi connectivity index (χ2v) is 10.3. The molecule has 0 radical (unpaired) electrons. The van der Waals surface area contributed by atoms with Gasteiger partial charge in [0.2, 0.25) is 15.9 Å². The summed E-state index contributed by atoms with van der Waals surface area (Å²) in [5, 5.41) is 2.49. The minimum Gasteiger partial charge on any atom is -0.344 e. The van der Waals surface area contributed by atoms with Crippen molar-refractivity contribution in [3.8, 4) is 0 Å². The zero-order valence-corrected chi connectivity index (χ0v) is 20.1. The van der Waals surface area contributed by atoms with Gasteiger partial charge in [-0.05, 0) is 53.4 Å². The Morgan fingerprint density at radius 3 is 2.00 bits per heavy atom. The molecule has 0 fully saturated rings. The Balaban J connectivity index is 4.40. The molecule has 2 N–H and O–H groups in total. The van der Waals surface area contributed by atoms with E-state index in [9.17, 15) is 18.0 Å². The van der Waals surface area contributed by atoms with E-state index in [0.717, 1.165) is 31.9 Å². The maximum Gasteiger partial charge on any atom is 0.256 e. The van der Waals surface area contributed by atoms with Gasteiger partial charge in [0.25, 0.3) is 5.91 Å². The lowest BCUT2D eigenvalue weighted by molar-refractivity contribution is -0.126. The molecule has 1 atom stereocenters. The lowest BCUT2D eigenvalue weighted by Crippen LogP contribution is -2.49. The molecule has 0 spiro atoms. The molecule has 0 aromatic heterocycles. The lowest BCUT2D eigenvalue weighted by atomic mass is 10.1. The molecule has 0 aliphatic heterocycles. The second-order valence-electron chi connectivity index (χ2n) is 7.49. The van der Waals surface area contributed by atoms with Crippen LogP contribution in [0.5, 0.6) is 0 Å². The zero-order valence-electron chi connectivity index (χ0n) is 18.5. The average molecular weight is 445 g/mol. The molecule has 6 nitrogen and oxygen atoms in total. The number of carbonyl (C=O) groups excluding carboxylic acids is 2. The molecule has 166 valence electrons. The van der Waals surface area contributed by atoms with E-state index in [4.69, 9.17) is 0 Å². The summed E-state index contributed by atoms with van der Waals surface area (Å²) in [5.41, 5.74) is 4.02. The molecule has 0 aromatic carbocycles. The molecule has 0 bridgehead atoms. The Bertz CT molecular complexity index is 734. The quantitative estimate of drug-likeness (QED) is 0.334. The summed E-state index contributed by atoms with van der Waals surface area (Å²) in [4.78, 5) is 23.3. The van der Waals surface area contributed by atoms with Crippen molar-refractivity contribution in [2.45, 2.75) is 66.3 Å². The molecule has 0 saturated heterocycles. The zero-order chi connectivity index (χ0) is 22.4. The average Bonchev–Trinajstić information content (AvgIpc) is 2.55. The van der Waals surface area contributed by atoms with Gasteiger partial charge in [-0.1, -0.05) is 34.9 Å². The molecule has 0 heterocycles. The number of hydrogen-bond acceptors (Lipinski definition) is 5. The molecule has 0 saturated carbocycles. The van der Waals surface area contributed by atoms with E-state index in [-0.39, 0.29) is 5.91 Å². The SMILES string of the molecule is CC(=O)NC(CSC/C=C(\C)CC/C=C(\C)CCC=C(C)C)C(=O)NS(C)(=O)=O. The number of rotatable bonds is 13. The van der Waals surface area contributed by atoms with E-state index in [1.165, 1.54) is 35.4 Å². The highest BCUT2D eigenvalue weighted by molar-refractivity contribution is 7.99. The van der Waals surface area contributed by atoms with Gasteiger partial charge in [-0.3, -0.25) is 14.3 Å². The van der Waals surface area contributed by atoms with Crippen molar-refractivity contribution in [1.29, 1.82) is 0 Å². The normalized spacial score (nSPS) is 13.6. The van der Waals surface area contributed by atoms with Crippen molar-refractivity contribution in [2.75, 3.05) is 17.8 Å². The van der Waals surface area contributed by atoms with Gasteiger partial charge in [0, 0.05) is 18.4 Å². The van der Waals surface area contributed by atoms with E-state index >= 15 is 0 Å². The van der Waals surface area contributed by atoms with E-state index in [0.29, 0.717) is 11.5 Å². The number of nitrogens with one attached hydrogen (secondary N) is 2. The van der Waals surface area contributed by atoms with Crippen LogP contribution in [0, 0.1) is 0 Å². The molecular weight excluding hydrogens is 408 g/mol. The summed E-state index contributed by atoms with van der Waals surface area (Å²) >= 11 is 1.47. The molecule has 29 heavy (non-hydrogen) atoms. The monoisotopic (exact) mass is 444 g/mol. The van der Waals surface area contributed by atoms with Crippen molar-refractivity contribution < 1.29 is 18.0 Å². The number of allylic oxidation sites excluding steroid dienone is 5. The molecule has 0 rings (SSSR count). The van der Waals surface area contributed by atoms with Crippen LogP contribution in [0.3, 0.4) is 0 Å². The summed E-state index contributed by atoms with van der Waals surface area (Å²) in [5.74, 6) is -0.104. The first kappa shape index (κ1) is 27.5. The summed E-state index contributed by atoms with van der Waals surface area (Å²) in [7, 11) is -3.66. The fourth-order valence-electron chi connectivity index (χ4n) is 2.41. The topological polar surface area (TPSA) is 92.3 Å². The summed E-state index contributed by atoms with van der Waals surface area (Å²) < 4.78 is 24.4. The minimum atomic E-state index is -3.66. The van der Waals surface area contributed by atoms with Gasteiger partial charge in [0.15, 0.2) is 0 Å². The lowest BCUT2D eigenvalue weighted by Gasteiger charge is -2.16. The first-order chi connectivity index (χ1) is 13.4. The molecule has 0 aromatic rings. The van der Waals surface area contributed by atoms with Crippen molar-refractivity contribution in [3.05, 3.63) is 34.9 Å². The van der Waals surface area contributed by atoms with E-state index in [1.54, 1.807) is 0 Å². The van der Waals surface area contributed by atoms with Crippen LogP contribution in [0.1, 0.15) is 60.3 Å². The fraction of sp³-hybridized carbons (Fsp3) is 0.619. The van der Waals surface area contributed by atoms with Crippen LogP contribution in [-0.2, 0) is 19.6 Å². The standard InChI is InChI=1S/C21H36N2O4S2/c1-16(2)9-7-10-17(3)11-8-12-18(4)13-14-28-15-20(22-19(5)24)21(25)23-29(6,26)27/h9,11,13,20H,7-8,10,12,14-15H2,1-6H3,(H,22,24)(H,23,25)/b17-11+,18-13+. The van der Waals surface area contributed by atoms with Crippen LogP contribution >= 0.6 is 11.8 Å². The Morgan fingerprint density at radius 1 is 0.931 bits per heavy atom. The Hall–Kier alpha value is -1.54. The van der Waals surface area contributed by atoms with Crippen molar-refractivity contribution in [1.82, 2.24) is 10.0 Å². The third kappa shape index (κ3) is 17.1. The van der Waals surface area contributed by atoms with Gasteiger partial charge < -0.3 is 5.32 Å². The maximum absolute atomic E-state index is 12.0. The number of carbonyl (C=O) groups is 2. The molecular formula is C21H36N2O4S2. The van der Waals surface area contributed by atoms with Gasteiger partial charge in [-0.25, -0.2) is 8.42 Å². The van der Waals surface area contributed by atoms with E-state index in [2.05, 4.69) is 51.2 Å². The second kappa shape index (κ2) is 14.4. The van der Waals surface area contributed by atoms with Crippen molar-refractivity contribution in [3.63, 3.8) is 0 Å². The smallest absolute Gasteiger partial charge is 0.256 e. The van der Waals surface area contributed by atoms with E-state index in [1.807, 2.05) is 4.72 Å².